The van der Waals surface area contributed by atoms with Gasteiger partial charge in [0.1, 0.15) is 0 Å². The maximum Gasteiger partial charge on any atom is 0.0700 e. The lowest BCUT2D eigenvalue weighted by molar-refractivity contribution is 0.0471. The van der Waals surface area contributed by atoms with E-state index in [1.54, 1.807) is 7.11 Å². The van der Waals surface area contributed by atoms with Crippen molar-refractivity contribution in [3.8, 4) is 0 Å². The summed E-state index contributed by atoms with van der Waals surface area (Å²) in [5, 5.41) is 3.37. The maximum atomic E-state index is 5.44. The highest BCUT2D eigenvalue weighted by atomic mass is 16.5. The summed E-state index contributed by atoms with van der Waals surface area (Å²) in [5.41, 5.74) is 0. The summed E-state index contributed by atoms with van der Waals surface area (Å²) >= 11 is 0. The molecule has 0 bridgehead atoms. The van der Waals surface area contributed by atoms with Crippen molar-refractivity contribution in [2.24, 2.45) is 0 Å². The molecule has 0 saturated carbocycles. The predicted molar refractivity (Wildman–Crippen MR) is 56.6 cm³/mol. The van der Waals surface area contributed by atoms with Gasteiger partial charge in [-0.05, 0) is 6.92 Å². The SMILES string of the molecule is COCCOCCN1CCNCC1C. The predicted octanol–water partition coefficient (Wildman–Crippen LogP) is -0.0569. The first-order chi connectivity index (χ1) is 6.84. The van der Waals surface area contributed by atoms with Crippen LogP contribution in [0.4, 0.5) is 0 Å². The zero-order valence-corrected chi connectivity index (χ0v) is 9.29. The summed E-state index contributed by atoms with van der Waals surface area (Å²) in [6.07, 6.45) is 0. The van der Waals surface area contributed by atoms with Crippen LogP contribution in [-0.2, 0) is 9.47 Å². The Balaban J connectivity index is 1.99. The molecule has 1 atom stereocenters. The van der Waals surface area contributed by atoms with Gasteiger partial charge < -0.3 is 14.8 Å². The minimum Gasteiger partial charge on any atom is -0.382 e. The number of rotatable bonds is 6. The number of ether oxygens (including phenoxy) is 2. The van der Waals surface area contributed by atoms with Crippen LogP contribution in [0.5, 0.6) is 0 Å². The molecule has 1 fully saturated rings. The third-order valence-electron chi connectivity index (χ3n) is 2.59. The minimum atomic E-state index is 0.634. The Bertz CT molecular complexity index is 144. The van der Waals surface area contributed by atoms with Crippen LogP contribution in [0.25, 0.3) is 0 Å². The summed E-state index contributed by atoms with van der Waals surface area (Å²) < 4.78 is 10.3. The van der Waals surface area contributed by atoms with Crippen LogP contribution in [0, 0.1) is 0 Å². The van der Waals surface area contributed by atoms with Crippen molar-refractivity contribution in [1.29, 1.82) is 0 Å². The Kier molecular flexibility index (Phi) is 6.10. The van der Waals surface area contributed by atoms with E-state index in [0.717, 1.165) is 32.8 Å². The van der Waals surface area contributed by atoms with E-state index in [1.165, 1.54) is 0 Å². The van der Waals surface area contributed by atoms with E-state index in [9.17, 15) is 0 Å². The molecule has 1 rings (SSSR count). The van der Waals surface area contributed by atoms with Crippen LogP contribution in [0.15, 0.2) is 0 Å². The average molecular weight is 202 g/mol. The molecule has 1 unspecified atom stereocenters. The zero-order chi connectivity index (χ0) is 10.2. The lowest BCUT2D eigenvalue weighted by Crippen LogP contribution is -2.50. The zero-order valence-electron chi connectivity index (χ0n) is 9.29. The molecule has 84 valence electrons. The number of piperazine rings is 1. The molecule has 1 N–H and O–H groups in total. The Morgan fingerprint density at radius 3 is 2.93 bits per heavy atom. The monoisotopic (exact) mass is 202 g/mol. The molecular formula is C10H22N2O2. The number of hydrogen-bond donors (Lipinski definition) is 1. The summed E-state index contributed by atoms with van der Waals surface area (Å²) in [7, 11) is 1.70. The highest BCUT2D eigenvalue weighted by Crippen LogP contribution is 2.01. The lowest BCUT2D eigenvalue weighted by Gasteiger charge is -2.33. The third-order valence-corrected chi connectivity index (χ3v) is 2.59. The highest BCUT2D eigenvalue weighted by Gasteiger charge is 2.16. The molecule has 0 aliphatic carbocycles. The number of nitrogens with zero attached hydrogens (tertiary/aromatic N) is 1. The van der Waals surface area contributed by atoms with Crippen LogP contribution in [0.1, 0.15) is 6.92 Å². The Morgan fingerprint density at radius 1 is 1.36 bits per heavy atom. The first-order valence-electron chi connectivity index (χ1n) is 5.36. The van der Waals surface area contributed by atoms with E-state index in [1.807, 2.05) is 0 Å². The Morgan fingerprint density at radius 2 is 2.21 bits per heavy atom. The third kappa shape index (κ3) is 4.37. The van der Waals surface area contributed by atoms with Crippen LogP contribution < -0.4 is 5.32 Å². The molecule has 0 aromatic rings. The number of nitrogens with one attached hydrogen (secondary N) is 1. The molecule has 0 aromatic heterocycles. The van der Waals surface area contributed by atoms with E-state index in [0.29, 0.717) is 19.3 Å². The fourth-order valence-corrected chi connectivity index (χ4v) is 1.64. The van der Waals surface area contributed by atoms with Crippen molar-refractivity contribution in [1.82, 2.24) is 10.2 Å². The van der Waals surface area contributed by atoms with Crippen molar-refractivity contribution < 1.29 is 9.47 Å². The van der Waals surface area contributed by atoms with Gasteiger partial charge in [-0.3, -0.25) is 4.90 Å². The summed E-state index contributed by atoms with van der Waals surface area (Å²) in [6, 6.07) is 0.634. The van der Waals surface area contributed by atoms with E-state index < -0.39 is 0 Å². The van der Waals surface area contributed by atoms with Crippen molar-refractivity contribution >= 4 is 0 Å². The van der Waals surface area contributed by atoms with Gasteiger partial charge in [0, 0.05) is 39.3 Å². The maximum absolute atomic E-state index is 5.44. The van der Waals surface area contributed by atoms with Gasteiger partial charge >= 0.3 is 0 Å². The van der Waals surface area contributed by atoms with Crippen molar-refractivity contribution in [2.75, 3.05) is 53.1 Å². The standard InChI is InChI=1S/C10H22N2O2/c1-10-9-11-3-4-12(10)5-6-14-8-7-13-2/h10-11H,3-9H2,1-2H3. The first-order valence-corrected chi connectivity index (χ1v) is 5.36. The van der Waals surface area contributed by atoms with Crippen molar-refractivity contribution in [3.63, 3.8) is 0 Å². The summed E-state index contributed by atoms with van der Waals surface area (Å²) in [4.78, 5) is 2.46. The van der Waals surface area contributed by atoms with Gasteiger partial charge in [0.2, 0.25) is 0 Å². The molecule has 0 radical (unpaired) electrons. The average Bonchev–Trinajstić information content (AvgIpc) is 2.20. The Hall–Kier alpha value is -0.160. The van der Waals surface area contributed by atoms with Gasteiger partial charge in [0.05, 0.1) is 19.8 Å². The van der Waals surface area contributed by atoms with E-state index in [4.69, 9.17) is 9.47 Å². The van der Waals surface area contributed by atoms with E-state index >= 15 is 0 Å². The Labute approximate surface area is 86.6 Å². The second-order valence-electron chi connectivity index (χ2n) is 3.69. The highest BCUT2D eigenvalue weighted by molar-refractivity contribution is 4.75. The molecule has 1 heterocycles. The van der Waals surface area contributed by atoms with Crippen LogP contribution >= 0.6 is 0 Å². The topological polar surface area (TPSA) is 33.7 Å². The molecule has 0 aromatic carbocycles. The molecule has 0 amide bonds. The molecule has 14 heavy (non-hydrogen) atoms. The van der Waals surface area contributed by atoms with Gasteiger partial charge in [-0.15, -0.1) is 0 Å². The molecular weight excluding hydrogens is 180 g/mol. The molecule has 4 heteroatoms. The molecule has 1 aliphatic heterocycles. The van der Waals surface area contributed by atoms with E-state index in [-0.39, 0.29) is 0 Å². The van der Waals surface area contributed by atoms with Gasteiger partial charge in [0.25, 0.3) is 0 Å². The first kappa shape index (κ1) is 11.9. The van der Waals surface area contributed by atoms with Crippen molar-refractivity contribution in [2.45, 2.75) is 13.0 Å². The number of methoxy groups -OCH3 is 1. The van der Waals surface area contributed by atoms with Gasteiger partial charge in [-0.1, -0.05) is 0 Å². The largest absolute Gasteiger partial charge is 0.382 e. The van der Waals surface area contributed by atoms with Crippen LogP contribution in [0.2, 0.25) is 0 Å². The smallest absolute Gasteiger partial charge is 0.0700 e. The molecule has 1 aliphatic rings. The van der Waals surface area contributed by atoms with E-state index in [2.05, 4.69) is 17.1 Å². The fourth-order valence-electron chi connectivity index (χ4n) is 1.64. The second kappa shape index (κ2) is 7.17. The van der Waals surface area contributed by atoms with Gasteiger partial charge in [0.15, 0.2) is 0 Å². The molecule has 4 nitrogen and oxygen atoms in total. The second-order valence-corrected chi connectivity index (χ2v) is 3.69. The fraction of sp³-hybridized carbons (Fsp3) is 1.00. The van der Waals surface area contributed by atoms with Crippen LogP contribution in [-0.4, -0.2) is 64.1 Å². The normalized spacial score (nSPS) is 24.0. The van der Waals surface area contributed by atoms with Crippen molar-refractivity contribution in [3.05, 3.63) is 0 Å². The lowest BCUT2D eigenvalue weighted by atomic mass is 10.2. The molecule has 0 spiro atoms. The summed E-state index contributed by atoms with van der Waals surface area (Å²) in [6.45, 7) is 8.82. The van der Waals surface area contributed by atoms with Gasteiger partial charge in [-0.2, -0.15) is 0 Å². The quantitative estimate of drug-likeness (QED) is 0.612. The van der Waals surface area contributed by atoms with Crippen LogP contribution in [0.3, 0.4) is 0 Å². The van der Waals surface area contributed by atoms with Gasteiger partial charge in [-0.25, -0.2) is 0 Å². The minimum absolute atomic E-state index is 0.634. The number of hydrogen-bond acceptors (Lipinski definition) is 4. The summed E-state index contributed by atoms with van der Waals surface area (Å²) in [5.74, 6) is 0. The molecule has 1 saturated heterocycles.